The Hall–Kier alpha value is -6.44. The van der Waals surface area contributed by atoms with Crippen LogP contribution in [-0.2, 0) is 5.41 Å². The van der Waals surface area contributed by atoms with Gasteiger partial charge in [-0.05, 0) is 89.9 Å². The van der Waals surface area contributed by atoms with Crippen LogP contribution in [0.4, 0.5) is 0 Å². The van der Waals surface area contributed by atoms with E-state index in [1.165, 1.54) is 0 Å². The highest BCUT2D eigenvalue weighted by Gasteiger charge is 2.45. The lowest BCUT2D eigenvalue weighted by Crippen LogP contribution is -2.34. The smallest absolute Gasteiger partial charge is 0.132 e. The van der Waals surface area contributed by atoms with Crippen molar-refractivity contribution >= 4 is 21.8 Å². The molecular weight excluding hydrogens is 587 g/mol. The fourth-order valence-corrected chi connectivity index (χ4v) is 7.20. The number of fused-ring (bicyclic) bond motifs is 5. The largest absolute Gasteiger partial charge is 0.457 e. The molecule has 0 N–H and O–H groups in total. The molecule has 4 heteroatoms. The third-order valence-corrected chi connectivity index (χ3v) is 9.33. The van der Waals surface area contributed by atoms with Gasteiger partial charge in [-0.2, -0.15) is 5.26 Å². The molecule has 0 radical (unpaired) electrons. The summed E-state index contributed by atoms with van der Waals surface area (Å²) in [4.78, 5) is 4.23. The summed E-state index contributed by atoms with van der Waals surface area (Å²) in [5, 5.41) is 11.9. The van der Waals surface area contributed by atoms with E-state index >= 15 is 0 Å². The summed E-state index contributed by atoms with van der Waals surface area (Å²) in [6.07, 6.45) is 11.8. The second-order valence-electron chi connectivity index (χ2n) is 12.0. The maximum atomic E-state index is 9.77. The van der Waals surface area contributed by atoms with Crippen molar-refractivity contribution in [1.29, 1.82) is 5.26 Å². The van der Waals surface area contributed by atoms with Gasteiger partial charge in [-0.3, -0.25) is 4.98 Å². The number of nitriles is 1. The van der Waals surface area contributed by atoms with Crippen molar-refractivity contribution in [2.75, 3.05) is 0 Å². The molecule has 0 amide bonds. The molecule has 1 aliphatic heterocycles. The molecule has 0 fully saturated rings. The van der Waals surface area contributed by atoms with Crippen molar-refractivity contribution in [3.05, 3.63) is 192 Å². The first-order chi connectivity index (χ1) is 23.6. The van der Waals surface area contributed by atoms with Crippen molar-refractivity contribution in [3.63, 3.8) is 0 Å². The van der Waals surface area contributed by atoms with Crippen LogP contribution in [0.3, 0.4) is 0 Å². The zero-order valence-electron chi connectivity index (χ0n) is 26.5. The van der Waals surface area contributed by atoms with Crippen molar-refractivity contribution in [3.8, 4) is 34.4 Å². The van der Waals surface area contributed by atoms with E-state index in [2.05, 4.69) is 101 Å². The molecular formula is C44H31N3O. The maximum absolute atomic E-state index is 9.77. The van der Waals surface area contributed by atoms with Crippen LogP contribution in [0.1, 0.15) is 29.2 Å². The van der Waals surface area contributed by atoms with Crippen molar-refractivity contribution in [2.24, 2.45) is 0 Å². The normalized spacial score (nSPS) is 15.3. The Balaban J connectivity index is 1.38. The molecule has 1 aliphatic rings. The summed E-state index contributed by atoms with van der Waals surface area (Å²) in [7, 11) is 0. The Kier molecular flexibility index (Phi) is 7.09. The third kappa shape index (κ3) is 4.48. The molecule has 0 spiro atoms. The number of nitrogens with zero attached hydrogens (tertiary/aromatic N) is 3. The van der Waals surface area contributed by atoms with Crippen LogP contribution >= 0.6 is 0 Å². The Morgan fingerprint density at radius 2 is 1.44 bits per heavy atom. The first kappa shape index (κ1) is 29.0. The minimum Gasteiger partial charge on any atom is -0.457 e. The van der Waals surface area contributed by atoms with Gasteiger partial charge in [0.2, 0.25) is 0 Å². The van der Waals surface area contributed by atoms with Crippen molar-refractivity contribution < 1.29 is 4.74 Å². The van der Waals surface area contributed by atoms with E-state index in [0.29, 0.717) is 5.56 Å². The molecule has 228 valence electrons. The highest BCUT2D eigenvalue weighted by Crippen LogP contribution is 2.56. The lowest BCUT2D eigenvalue weighted by atomic mass is 9.63. The number of ether oxygens (including phenoxy) is 1. The standard InChI is InChI=1S/C44H31N3O/c1-3-4-6-11-30(2)44(34-12-7-5-8-13-34)38-14-9-10-15-42(38)48-43-21-18-33(28-39(43)44)32-17-20-41-37(27-32)36-26-31(29-45)16-19-40(36)47(41)35-22-24-46-25-23-35/h3-28H,2H2,1H3/b4-3-,11-6-. The zero-order chi connectivity index (χ0) is 32.7. The van der Waals surface area contributed by atoms with Gasteiger partial charge in [-0.15, -0.1) is 0 Å². The summed E-state index contributed by atoms with van der Waals surface area (Å²) >= 11 is 0. The molecule has 0 saturated carbocycles. The molecule has 2 aromatic heterocycles. The summed E-state index contributed by atoms with van der Waals surface area (Å²) in [6.45, 7) is 6.72. The van der Waals surface area contributed by atoms with Crippen LogP contribution in [0.5, 0.6) is 11.5 Å². The lowest BCUT2D eigenvalue weighted by molar-refractivity contribution is 0.434. The van der Waals surface area contributed by atoms with Crippen LogP contribution in [0.2, 0.25) is 0 Å². The summed E-state index contributed by atoms with van der Waals surface area (Å²) in [5.74, 6) is 1.62. The van der Waals surface area contributed by atoms with E-state index in [0.717, 1.165) is 72.4 Å². The Morgan fingerprint density at radius 1 is 0.750 bits per heavy atom. The molecule has 4 nitrogen and oxygen atoms in total. The average molecular weight is 618 g/mol. The van der Waals surface area contributed by atoms with Gasteiger partial charge in [0.05, 0.1) is 28.1 Å². The van der Waals surface area contributed by atoms with Gasteiger partial charge < -0.3 is 9.30 Å². The molecule has 8 rings (SSSR count). The second kappa shape index (κ2) is 11.7. The fourth-order valence-electron chi connectivity index (χ4n) is 7.20. The van der Waals surface area contributed by atoms with Crippen LogP contribution in [0, 0.1) is 11.3 Å². The number of rotatable bonds is 6. The Labute approximate surface area is 279 Å². The topological polar surface area (TPSA) is 50.8 Å². The van der Waals surface area contributed by atoms with Gasteiger partial charge in [0.1, 0.15) is 11.5 Å². The van der Waals surface area contributed by atoms with E-state index in [9.17, 15) is 5.26 Å². The number of hydrogen-bond donors (Lipinski definition) is 0. The van der Waals surface area contributed by atoms with Gasteiger partial charge in [0.25, 0.3) is 0 Å². The monoisotopic (exact) mass is 617 g/mol. The quantitative estimate of drug-likeness (QED) is 0.174. The SMILES string of the molecule is C=C(/C=C\C=C/C)C1(c2ccccc2)c2ccccc2Oc2ccc(-c3ccc4c(c3)c3cc(C#N)ccc3n4-c3ccncc3)cc21. The van der Waals surface area contributed by atoms with E-state index in [4.69, 9.17) is 11.3 Å². The highest BCUT2D eigenvalue weighted by molar-refractivity contribution is 6.11. The molecule has 1 unspecified atom stereocenters. The number of benzene rings is 5. The lowest BCUT2D eigenvalue weighted by Gasteiger charge is -2.42. The van der Waals surface area contributed by atoms with E-state index in [1.807, 2.05) is 67.6 Å². The first-order valence-electron chi connectivity index (χ1n) is 16.0. The maximum Gasteiger partial charge on any atom is 0.132 e. The highest BCUT2D eigenvalue weighted by atomic mass is 16.5. The molecule has 48 heavy (non-hydrogen) atoms. The molecule has 0 aliphatic carbocycles. The second-order valence-corrected chi connectivity index (χ2v) is 12.0. The predicted molar refractivity (Wildman–Crippen MR) is 195 cm³/mol. The number of aromatic nitrogens is 2. The van der Waals surface area contributed by atoms with Crippen molar-refractivity contribution in [1.82, 2.24) is 9.55 Å². The van der Waals surface area contributed by atoms with Gasteiger partial charge >= 0.3 is 0 Å². The van der Waals surface area contributed by atoms with Crippen LogP contribution in [0.15, 0.2) is 170 Å². The summed E-state index contributed by atoms with van der Waals surface area (Å²) in [6, 6.07) is 44.1. The minimum atomic E-state index is -0.692. The van der Waals surface area contributed by atoms with Crippen LogP contribution in [-0.4, -0.2) is 9.55 Å². The summed E-state index contributed by atoms with van der Waals surface area (Å²) in [5.41, 5.74) is 9.33. The first-order valence-corrected chi connectivity index (χ1v) is 16.0. The molecule has 0 bridgehead atoms. The predicted octanol–water partition coefficient (Wildman–Crippen LogP) is 10.8. The van der Waals surface area contributed by atoms with E-state index in [-0.39, 0.29) is 0 Å². The Bertz CT molecular complexity index is 2460. The van der Waals surface area contributed by atoms with Gasteiger partial charge in [0.15, 0.2) is 0 Å². The summed E-state index contributed by atoms with van der Waals surface area (Å²) < 4.78 is 8.84. The van der Waals surface area contributed by atoms with E-state index < -0.39 is 5.41 Å². The molecule has 0 saturated heterocycles. The number of para-hydroxylation sites is 1. The van der Waals surface area contributed by atoms with Gasteiger partial charge in [-0.1, -0.05) is 91.5 Å². The molecule has 1 atom stereocenters. The van der Waals surface area contributed by atoms with E-state index in [1.54, 1.807) is 12.4 Å². The Morgan fingerprint density at radius 3 is 2.23 bits per heavy atom. The van der Waals surface area contributed by atoms with Crippen molar-refractivity contribution in [2.45, 2.75) is 12.3 Å². The third-order valence-electron chi connectivity index (χ3n) is 9.33. The van der Waals surface area contributed by atoms with Crippen LogP contribution < -0.4 is 4.74 Å². The minimum absolute atomic E-state index is 0.628. The van der Waals surface area contributed by atoms with Gasteiger partial charge in [0, 0.05) is 40.0 Å². The van der Waals surface area contributed by atoms with Gasteiger partial charge in [-0.25, -0.2) is 0 Å². The number of hydrogen-bond acceptors (Lipinski definition) is 3. The van der Waals surface area contributed by atoms with Crippen LogP contribution in [0.25, 0.3) is 38.6 Å². The number of allylic oxidation sites excluding steroid dienone is 5. The molecule has 5 aromatic carbocycles. The fraction of sp³-hybridized carbons (Fsp3) is 0.0455. The zero-order valence-corrected chi connectivity index (χ0v) is 26.5. The molecule has 7 aromatic rings. The molecule has 3 heterocycles. The number of pyridine rings is 1. The average Bonchev–Trinajstić information content (AvgIpc) is 3.47.